The van der Waals surface area contributed by atoms with Crippen LogP contribution in [-0.2, 0) is 6.42 Å². The molecule has 2 heteroatoms. The zero-order valence-corrected chi connectivity index (χ0v) is 7.53. The van der Waals surface area contributed by atoms with E-state index in [0.717, 1.165) is 6.42 Å². The standard InChI is InChI=1S/C10H9NS/c11-6-4-8-2-1-3-10-9(8)5-7-12-10/h4-5,7H,1-3H2. The van der Waals surface area contributed by atoms with Crippen molar-refractivity contribution < 1.29 is 0 Å². The number of fused-ring (bicyclic) bond motifs is 1. The molecule has 0 amide bonds. The number of thiophene rings is 1. The van der Waals surface area contributed by atoms with Crippen molar-refractivity contribution in [1.82, 2.24) is 0 Å². The Kier molecular flexibility index (Phi) is 1.97. The van der Waals surface area contributed by atoms with E-state index in [1.54, 1.807) is 17.4 Å². The van der Waals surface area contributed by atoms with Crippen molar-refractivity contribution in [2.24, 2.45) is 0 Å². The van der Waals surface area contributed by atoms with E-state index in [9.17, 15) is 0 Å². The van der Waals surface area contributed by atoms with Gasteiger partial charge in [0.2, 0.25) is 0 Å². The monoisotopic (exact) mass is 175 g/mol. The van der Waals surface area contributed by atoms with Gasteiger partial charge in [0.05, 0.1) is 6.07 Å². The Morgan fingerprint density at radius 3 is 3.25 bits per heavy atom. The minimum Gasteiger partial charge on any atom is -0.193 e. The summed E-state index contributed by atoms with van der Waals surface area (Å²) < 4.78 is 0. The third kappa shape index (κ3) is 1.17. The van der Waals surface area contributed by atoms with E-state index in [-0.39, 0.29) is 0 Å². The maximum atomic E-state index is 8.56. The SMILES string of the molecule is N#CC=C1CCCc2sccc21. The van der Waals surface area contributed by atoms with Gasteiger partial charge in [0.15, 0.2) is 0 Å². The molecule has 0 bridgehead atoms. The first-order chi connectivity index (χ1) is 5.92. The third-order valence-electron chi connectivity index (χ3n) is 2.18. The first kappa shape index (κ1) is 7.57. The van der Waals surface area contributed by atoms with E-state index in [2.05, 4.69) is 17.5 Å². The number of allylic oxidation sites excluding steroid dienone is 2. The molecule has 0 unspecified atom stereocenters. The number of hydrogen-bond acceptors (Lipinski definition) is 2. The largest absolute Gasteiger partial charge is 0.193 e. The summed E-state index contributed by atoms with van der Waals surface area (Å²) in [6.45, 7) is 0. The van der Waals surface area contributed by atoms with Crippen molar-refractivity contribution in [3.05, 3.63) is 28.0 Å². The molecule has 1 aliphatic carbocycles. The van der Waals surface area contributed by atoms with E-state index >= 15 is 0 Å². The highest BCUT2D eigenvalue weighted by atomic mass is 32.1. The molecular weight excluding hydrogens is 166 g/mol. The van der Waals surface area contributed by atoms with Crippen LogP contribution in [0.25, 0.3) is 5.57 Å². The Morgan fingerprint density at radius 1 is 1.50 bits per heavy atom. The van der Waals surface area contributed by atoms with Crippen LogP contribution in [0.15, 0.2) is 17.5 Å². The van der Waals surface area contributed by atoms with Crippen LogP contribution in [-0.4, -0.2) is 0 Å². The van der Waals surface area contributed by atoms with E-state index in [0.29, 0.717) is 0 Å². The second-order valence-electron chi connectivity index (χ2n) is 2.91. The molecule has 1 heterocycles. The molecular formula is C10H9NS. The van der Waals surface area contributed by atoms with Crippen molar-refractivity contribution >= 4 is 16.9 Å². The predicted octanol–water partition coefficient (Wildman–Crippen LogP) is 2.99. The summed E-state index contributed by atoms with van der Waals surface area (Å²) in [5.74, 6) is 0. The summed E-state index contributed by atoms with van der Waals surface area (Å²) >= 11 is 1.80. The molecule has 12 heavy (non-hydrogen) atoms. The van der Waals surface area contributed by atoms with Crippen molar-refractivity contribution in [2.75, 3.05) is 0 Å². The van der Waals surface area contributed by atoms with E-state index in [1.807, 2.05) is 0 Å². The maximum absolute atomic E-state index is 8.56. The quantitative estimate of drug-likeness (QED) is 0.556. The topological polar surface area (TPSA) is 23.8 Å². The highest BCUT2D eigenvalue weighted by Gasteiger charge is 2.14. The van der Waals surface area contributed by atoms with Crippen LogP contribution in [0.1, 0.15) is 23.3 Å². The normalized spacial score (nSPS) is 18.8. The summed E-state index contributed by atoms with van der Waals surface area (Å²) in [6, 6.07) is 4.24. The average molecular weight is 175 g/mol. The van der Waals surface area contributed by atoms with Crippen LogP contribution in [0.3, 0.4) is 0 Å². The first-order valence-electron chi connectivity index (χ1n) is 4.07. The summed E-state index contributed by atoms with van der Waals surface area (Å²) in [4.78, 5) is 1.45. The Labute approximate surface area is 76.0 Å². The molecule has 0 spiro atoms. The third-order valence-corrected chi connectivity index (χ3v) is 3.16. The van der Waals surface area contributed by atoms with Crippen LogP contribution < -0.4 is 0 Å². The fraction of sp³-hybridized carbons (Fsp3) is 0.300. The maximum Gasteiger partial charge on any atom is 0.0915 e. The van der Waals surface area contributed by atoms with Crippen molar-refractivity contribution in [3.63, 3.8) is 0 Å². The summed E-state index contributed by atoms with van der Waals surface area (Å²) in [5.41, 5.74) is 2.54. The van der Waals surface area contributed by atoms with Gasteiger partial charge in [-0.05, 0) is 41.8 Å². The Bertz CT molecular complexity index is 354. The molecule has 0 aliphatic heterocycles. The molecule has 60 valence electrons. The van der Waals surface area contributed by atoms with E-state index in [4.69, 9.17) is 5.26 Å². The Balaban J connectivity index is 2.46. The molecule has 0 fully saturated rings. The highest BCUT2D eigenvalue weighted by molar-refractivity contribution is 7.10. The lowest BCUT2D eigenvalue weighted by Gasteiger charge is -2.13. The van der Waals surface area contributed by atoms with E-state index < -0.39 is 0 Å². The van der Waals surface area contributed by atoms with Gasteiger partial charge >= 0.3 is 0 Å². The summed E-state index contributed by atoms with van der Waals surface area (Å²) in [7, 11) is 0. The summed E-state index contributed by atoms with van der Waals surface area (Å²) in [6.07, 6.45) is 5.14. The van der Waals surface area contributed by atoms with Gasteiger partial charge < -0.3 is 0 Å². The van der Waals surface area contributed by atoms with Gasteiger partial charge in [0, 0.05) is 11.0 Å². The van der Waals surface area contributed by atoms with Crippen LogP contribution >= 0.6 is 11.3 Å². The molecule has 2 rings (SSSR count). The summed E-state index contributed by atoms with van der Waals surface area (Å²) in [5, 5.41) is 10.7. The molecule has 0 saturated carbocycles. The Hall–Kier alpha value is -1.07. The predicted molar refractivity (Wildman–Crippen MR) is 50.8 cm³/mol. The smallest absolute Gasteiger partial charge is 0.0915 e. The minimum absolute atomic E-state index is 1.07. The number of aryl methyl sites for hydroxylation is 1. The second-order valence-corrected chi connectivity index (χ2v) is 3.91. The van der Waals surface area contributed by atoms with Gasteiger partial charge in [-0.3, -0.25) is 0 Å². The van der Waals surface area contributed by atoms with Crippen LogP contribution in [0, 0.1) is 11.3 Å². The number of hydrogen-bond donors (Lipinski definition) is 0. The highest BCUT2D eigenvalue weighted by Crippen LogP contribution is 2.33. The molecule has 0 aromatic carbocycles. The van der Waals surface area contributed by atoms with Gasteiger partial charge in [-0.15, -0.1) is 11.3 Å². The van der Waals surface area contributed by atoms with Crippen LogP contribution in [0.5, 0.6) is 0 Å². The fourth-order valence-corrected chi connectivity index (χ4v) is 2.58. The van der Waals surface area contributed by atoms with Gasteiger partial charge in [-0.1, -0.05) is 0 Å². The lowest BCUT2D eigenvalue weighted by molar-refractivity contribution is 0.838. The molecule has 0 radical (unpaired) electrons. The molecule has 0 atom stereocenters. The molecule has 0 N–H and O–H groups in total. The van der Waals surface area contributed by atoms with Crippen molar-refractivity contribution in [3.8, 4) is 6.07 Å². The molecule has 1 aromatic heterocycles. The molecule has 1 aliphatic rings. The van der Waals surface area contributed by atoms with Gasteiger partial charge in [-0.25, -0.2) is 0 Å². The number of rotatable bonds is 0. The molecule has 0 saturated heterocycles. The lowest BCUT2D eigenvalue weighted by Crippen LogP contribution is -1.96. The lowest BCUT2D eigenvalue weighted by atomic mass is 9.93. The van der Waals surface area contributed by atoms with Gasteiger partial charge in [0.1, 0.15) is 0 Å². The zero-order chi connectivity index (χ0) is 8.39. The first-order valence-corrected chi connectivity index (χ1v) is 4.95. The van der Waals surface area contributed by atoms with Gasteiger partial charge in [-0.2, -0.15) is 5.26 Å². The molecule has 1 aromatic rings. The van der Waals surface area contributed by atoms with Crippen LogP contribution in [0.2, 0.25) is 0 Å². The zero-order valence-electron chi connectivity index (χ0n) is 6.71. The van der Waals surface area contributed by atoms with E-state index in [1.165, 1.54) is 28.9 Å². The number of nitriles is 1. The minimum atomic E-state index is 1.07. The fourth-order valence-electron chi connectivity index (χ4n) is 1.62. The van der Waals surface area contributed by atoms with Crippen LogP contribution in [0.4, 0.5) is 0 Å². The average Bonchev–Trinajstić information content (AvgIpc) is 2.53. The molecule has 1 nitrogen and oxygen atoms in total. The van der Waals surface area contributed by atoms with Gasteiger partial charge in [0.25, 0.3) is 0 Å². The number of nitrogens with zero attached hydrogens (tertiary/aromatic N) is 1. The van der Waals surface area contributed by atoms with Crippen molar-refractivity contribution in [1.29, 1.82) is 5.26 Å². The Morgan fingerprint density at radius 2 is 2.42 bits per heavy atom. The second kappa shape index (κ2) is 3.12. The van der Waals surface area contributed by atoms with Crippen molar-refractivity contribution in [2.45, 2.75) is 19.3 Å².